The molecule has 3 atom stereocenters. The number of carbonyl (C=O) groups is 1. The Morgan fingerprint density at radius 3 is 2.50 bits per heavy atom. The largest absolute Gasteiger partial charge is 0.469 e. The van der Waals surface area contributed by atoms with E-state index in [0.717, 1.165) is 12.8 Å². The van der Waals surface area contributed by atoms with E-state index in [0.29, 0.717) is 24.5 Å². The lowest BCUT2D eigenvalue weighted by Gasteiger charge is -2.41. The summed E-state index contributed by atoms with van der Waals surface area (Å²) in [4.78, 5) is 13.8. The molecule has 2 aliphatic rings. The second kappa shape index (κ2) is 4.72. The molecule has 2 aliphatic heterocycles. The minimum atomic E-state index is -0.109. The maximum atomic E-state index is 11.3. The molecule has 3 unspecified atom stereocenters. The number of hydrogen-bond acceptors (Lipinski definition) is 4. The molecule has 2 bridgehead atoms. The van der Waals surface area contributed by atoms with Crippen molar-refractivity contribution in [2.45, 2.75) is 63.2 Å². The smallest absolute Gasteiger partial charge is 0.307 e. The maximum absolute atomic E-state index is 11.3. The third kappa shape index (κ3) is 2.23. The van der Waals surface area contributed by atoms with Gasteiger partial charge in [0.25, 0.3) is 0 Å². The van der Waals surface area contributed by atoms with Crippen LogP contribution in [-0.2, 0) is 9.53 Å². The monoisotopic (exact) mass is 226 g/mol. The zero-order valence-electron chi connectivity index (χ0n) is 10.2. The molecule has 0 amide bonds. The van der Waals surface area contributed by atoms with Gasteiger partial charge in [0.05, 0.1) is 13.5 Å². The molecule has 2 rings (SSSR count). The van der Waals surface area contributed by atoms with Crippen molar-refractivity contribution in [2.75, 3.05) is 7.11 Å². The summed E-state index contributed by atoms with van der Waals surface area (Å²) in [6.07, 6.45) is 5.15. The molecule has 0 saturated carbocycles. The van der Waals surface area contributed by atoms with Crippen molar-refractivity contribution in [3.05, 3.63) is 0 Å². The Kier molecular flexibility index (Phi) is 3.50. The molecule has 0 aromatic rings. The van der Waals surface area contributed by atoms with E-state index in [1.54, 1.807) is 0 Å². The van der Waals surface area contributed by atoms with Gasteiger partial charge in [-0.1, -0.05) is 0 Å². The first-order chi connectivity index (χ1) is 7.61. The third-order valence-corrected chi connectivity index (χ3v) is 4.02. The van der Waals surface area contributed by atoms with Gasteiger partial charge in [-0.05, 0) is 32.6 Å². The molecule has 2 heterocycles. The lowest BCUT2D eigenvalue weighted by atomic mass is 9.96. The van der Waals surface area contributed by atoms with E-state index < -0.39 is 0 Å². The number of nitrogens with two attached hydrogens (primary N) is 1. The molecule has 0 aliphatic carbocycles. The number of methoxy groups -OCH3 is 1. The molecule has 0 radical (unpaired) electrons. The Morgan fingerprint density at radius 1 is 1.44 bits per heavy atom. The fourth-order valence-corrected chi connectivity index (χ4v) is 3.41. The van der Waals surface area contributed by atoms with E-state index in [1.165, 1.54) is 20.0 Å². The molecule has 0 aromatic carbocycles. The van der Waals surface area contributed by atoms with E-state index in [1.807, 2.05) is 0 Å². The summed E-state index contributed by atoms with van der Waals surface area (Å²) < 4.78 is 4.73. The number of nitrogens with zero attached hydrogens (tertiary/aromatic N) is 1. The van der Waals surface area contributed by atoms with Crippen molar-refractivity contribution in [1.82, 2.24) is 4.90 Å². The van der Waals surface area contributed by atoms with Crippen molar-refractivity contribution in [1.29, 1.82) is 0 Å². The Labute approximate surface area is 97.1 Å². The van der Waals surface area contributed by atoms with Crippen LogP contribution in [0.4, 0.5) is 0 Å². The molecule has 0 spiro atoms. The van der Waals surface area contributed by atoms with E-state index in [2.05, 4.69) is 11.8 Å². The van der Waals surface area contributed by atoms with E-state index >= 15 is 0 Å². The van der Waals surface area contributed by atoms with Gasteiger partial charge in [-0.3, -0.25) is 9.69 Å². The Hall–Kier alpha value is -0.610. The average molecular weight is 226 g/mol. The number of fused-ring (bicyclic) bond motifs is 2. The van der Waals surface area contributed by atoms with Gasteiger partial charge < -0.3 is 10.5 Å². The highest BCUT2D eigenvalue weighted by Crippen LogP contribution is 2.37. The van der Waals surface area contributed by atoms with Crippen LogP contribution in [0, 0.1) is 0 Å². The lowest BCUT2D eigenvalue weighted by molar-refractivity contribution is -0.142. The highest BCUT2D eigenvalue weighted by atomic mass is 16.5. The minimum absolute atomic E-state index is 0.109. The summed E-state index contributed by atoms with van der Waals surface area (Å²) in [6, 6.07) is 1.83. The van der Waals surface area contributed by atoms with Crippen LogP contribution in [0.25, 0.3) is 0 Å². The van der Waals surface area contributed by atoms with Crippen LogP contribution in [0.5, 0.6) is 0 Å². The number of rotatable bonds is 3. The first kappa shape index (κ1) is 11.9. The SMILES string of the molecule is COC(=O)CC(C)N1C2CCC1CC(N)C2. The average Bonchev–Trinajstić information content (AvgIpc) is 2.51. The molecule has 2 saturated heterocycles. The van der Waals surface area contributed by atoms with E-state index in [9.17, 15) is 4.79 Å². The van der Waals surface area contributed by atoms with Gasteiger partial charge in [-0.15, -0.1) is 0 Å². The fraction of sp³-hybridized carbons (Fsp3) is 0.917. The summed E-state index contributed by atoms with van der Waals surface area (Å²) in [5, 5.41) is 0. The number of ether oxygens (including phenoxy) is 1. The van der Waals surface area contributed by atoms with Crippen LogP contribution in [0.15, 0.2) is 0 Å². The van der Waals surface area contributed by atoms with Crippen LogP contribution in [0.3, 0.4) is 0 Å². The lowest BCUT2D eigenvalue weighted by Crippen LogP contribution is -2.51. The summed E-state index contributed by atoms with van der Waals surface area (Å²) in [5.74, 6) is -0.109. The predicted molar refractivity (Wildman–Crippen MR) is 62.0 cm³/mol. The summed E-state index contributed by atoms with van der Waals surface area (Å²) in [6.45, 7) is 2.12. The first-order valence-corrected chi connectivity index (χ1v) is 6.21. The highest BCUT2D eigenvalue weighted by molar-refractivity contribution is 5.69. The molecule has 0 aromatic heterocycles. The van der Waals surface area contributed by atoms with Gasteiger partial charge in [-0.2, -0.15) is 0 Å². The zero-order valence-corrected chi connectivity index (χ0v) is 10.2. The predicted octanol–water partition coefficient (Wildman–Crippen LogP) is 0.892. The minimum Gasteiger partial charge on any atom is -0.469 e. The van der Waals surface area contributed by atoms with Crippen molar-refractivity contribution >= 4 is 5.97 Å². The molecule has 2 N–H and O–H groups in total. The maximum Gasteiger partial charge on any atom is 0.307 e. The van der Waals surface area contributed by atoms with Gasteiger partial charge in [0.1, 0.15) is 0 Å². The quantitative estimate of drug-likeness (QED) is 0.726. The van der Waals surface area contributed by atoms with Crippen LogP contribution in [-0.4, -0.2) is 42.1 Å². The second-order valence-corrected chi connectivity index (χ2v) is 5.19. The first-order valence-electron chi connectivity index (χ1n) is 6.21. The number of piperidine rings is 1. The Balaban J connectivity index is 1.97. The third-order valence-electron chi connectivity index (χ3n) is 4.02. The molecule has 4 nitrogen and oxygen atoms in total. The molecule has 16 heavy (non-hydrogen) atoms. The van der Waals surface area contributed by atoms with Crippen LogP contribution < -0.4 is 5.73 Å². The van der Waals surface area contributed by atoms with Gasteiger partial charge in [-0.25, -0.2) is 0 Å². The molecule has 4 heteroatoms. The van der Waals surface area contributed by atoms with Crippen molar-refractivity contribution in [3.8, 4) is 0 Å². The normalized spacial score (nSPS) is 36.1. The van der Waals surface area contributed by atoms with Crippen molar-refractivity contribution in [2.24, 2.45) is 5.73 Å². The number of esters is 1. The van der Waals surface area contributed by atoms with Crippen LogP contribution in [0.1, 0.15) is 39.0 Å². The zero-order chi connectivity index (χ0) is 11.7. The van der Waals surface area contributed by atoms with E-state index in [4.69, 9.17) is 10.5 Å². The van der Waals surface area contributed by atoms with Crippen molar-refractivity contribution < 1.29 is 9.53 Å². The number of carbonyl (C=O) groups excluding carboxylic acids is 1. The van der Waals surface area contributed by atoms with Gasteiger partial charge in [0.15, 0.2) is 0 Å². The summed E-state index contributed by atoms with van der Waals surface area (Å²) >= 11 is 0. The molecular weight excluding hydrogens is 204 g/mol. The highest BCUT2D eigenvalue weighted by Gasteiger charge is 2.42. The topological polar surface area (TPSA) is 55.6 Å². The van der Waals surface area contributed by atoms with Crippen LogP contribution >= 0.6 is 0 Å². The van der Waals surface area contributed by atoms with Gasteiger partial charge >= 0.3 is 5.97 Å². The standard InChI is InChI=1S/C12H22N2O2/c1-8(5-12(15)16-2)14-10-3-4-11(14)7-9(13)6-10/h8-11H,3-7,13H2,1-2H3. The van der Waals surface area contributed by atoms with Gasteiger partial charge in [0.2, 0.25) is 0 Å². The molecule has 92 valence electrons. The summed E-state index contributed by atoms with van der Waals surface area (Å²) in [7, 11) is 1.45. The molecule has 2 fully saturated rings. The molecular formula is C12H22N2O2. The van der Waals surface area contributed by atoms with Crippen molar-refractivity contribution in [3.63, 3.8) is 0 Å². The summed E-state index contributed by atoms with van der Waals surface area (Å²) in [5.41, 5.74) is 6.03. The second-order valence-electron chi connectivity index (χ2n) is 5.19. The fourth-order valence-electron chi connectivity index (χ4n) is 3.41. The van der Waals surface area contributed by atoms with Crippen LogP contribution in [0.2, 0.25) is 0 Å². The van der Waals surface area contributed by atoms with Gasteiger partial charge in [0, 0.05) is 24.2 Å². The number of hydrogen-bond donors (Lipinski definition) is 1. The Bertz CT molecular complexity index is 256. The Morgan fingerprint density at radius 2 is 2.00 bits per heavy atom. The van der Waals surface area contributed by atoms with E-state index in [-0.39, 0.29) is 12.0 Å².